The minimum atomic E-state index is -0.657. The largest absolute Gasteiger partial charge is 0.361 e. The van der Waals surface area contributed by atoms with E-state index in [1.54, 1.807) is 0 Å². The highest BCUT2D eigenvalue weighted by Crippen LogP contribution is 2.05. The van der Waals surface area contributed by atoms with E-state index in [-0.39, 0.29) is 5.56 Å². The number of nitrogens with zero attached hydrogens (tertiary/aromatic N) is 2. The van der Waals surface area contributed by atoms with Crippen LogP contribution in [0, 0.1) is 5.82 Å². The van der Waals surface area contributed by atoms with E-state index in [4.69, 9.17) is 5.53 Å². The van der Waals surface area contributed by atoms with Gasteiger partial charge >= 0.3 is 6.21 Å². The van der Waals surface area contributed by atoms with Crippen LogP contribution in [0.25, 0.3) is 5.53 Å². The summed E-state index contributed by atoms with van der Waals surface area (Å²) < 4.78 is 12.8. The van der Waals surface area contributed by atoms with Gasteiger partial charge in [-0.3, -0.25) is 4.79 Å². The predicted molar refractivity (Wildman–Crippen MR) is 40.4 cm³/mol. The molecule has 0 aromatic heterocycles. The van der Waals surface area contributed by atoms with Crippen LogP contribution in [0.1, 0.15) is 10.4 Å². The number of hydrogen-bond donors (Lipinski definition) is 0. The Morgan fingerprint density at radius 3 is 2.75 bits per heavy atom. The Bertz CT molecular complexity index is 356. The lowest BCUT2D eigenvalue weighted by atomic mass is 10.1. The first-order chi connectivity index (χ1) is 5.75. The average molecular weight is 164 g/mol. The molecule has 1 aromatic rings. The number of ketones is 1. The Labute approximate surface area is 68.1 Å². The molecule has 60 valence electrons. The number of carbonyl (C=O) groups excluding carboxylic acids is 1. The number of hydrogen-bond acceptors (Lipinski definition) is 1. The van der Waals surface area contributed by atoms with E-state index in [1.165, 1.54) is 24.3 Å². The highest BCUT2D eigenvalue weighted by Gasteiger charge is 2.10. The summed E-state index contributed by atoms with van der Waals surface area (Å²) in [5.41, 5.74) is 7.91. The van der Waals surface area contributed by atoms with Crippen molar-refractivity contribution in [1.29, 1.82) is 0 Å². The molecule has 1 rings (SSSR count). The van der Waals surface area contributed by atoms with Gasteiger partial charge in [0.15, 0.2) is 0 Å². The standard InChI is InChI=1S/C8H5FN2O/c9-7-4-2-1-3-6(7)8(12)5-11-10/h1-5H. The second-order valence-corrected chi connectivity index (χ2v) is 2.09. The van der Waals surface area contributed by atoms with E-state index >= 15 is 0 Å². The lowest BCUT2D eigenvalue weighted by Crippen LogP contribution is -2.03. The molecule has 0 atom stereocenters. The Morgan fingerprint density at radius 2 is 2.17 bits per heavy atom. The van der Waals surface area contributed by atoms with Crippen molar-refractivity contribution in [2.75, 3.05) is 0 Å². The first-order valence-electron chi connectivity index (χ1n) is 3.22. The van der Waals surface area contributed by atoms with Crippen LogP contribution in [0.15, 0.2) is 24.3 Å². The predicted octanol–water partition coefficient (Wildman–Crippen LogP) is 1.31. The number of rotatable bonds is 2. The SMILES string of the molecule is [N-]=[N+]=CC(=O)c1ccccc1F. The summed E-state index contributed by atoms with van der Waals surface area (Å²) in [4.78, 5) is 13.4. The van der Waals surface area contributed by atoms with Crippen LogP contribution in [-0.2, 0) is 0 Å². The minimum Gasteiger partial charge on any atom is -0.361 e. The molecule has 1 aromatic carbocycles. The Balaban J connectivity index is 3.11. The zero-order chi connectivity index (χ0) is 8.97. The van der Waals surface area contributed by atoms with Crippen molar-refractivity contribution in [3.63, 3.8) is 0 Å². The summed E-state index contributed by atoms with van der Waals surface area (Å²) in [5, 5.41) is 0. The lowest BCUT2D eigenvalue weighted by Gasteiger charge is -1.92. The van der Waals surface area contributed by atoms with Gasteiger partial charge in [0, 0.05) is 0 Å². The maximum atomic E-state index is 12.8. The van der Waals surface area contributed by atoms with Crippen molar-refractivity contribution in [3.05, 3.63) is 41.2 Å². The lowest BCUT2D eigenvalue weighted by molar-refractivity contribution is 0.00230. The maximum absolute atomic E-state index is 12.8. The third-order valence-corrected chi connectivity index (χ3v) is 1.31. The summed E-state index contributed by atoms with van der Waals surface area (Å²) in [5.74, 6) is -1.28. The van der Waals surface area contributed by atoms with E-state index in [0.29, 0.717) is 6.21 Å². The third-order valence-electron chi connectivity index (χ3n) is 1.31. The van der Waals surface area contributed by atoms with Crippen LogP contribution in [0.5, 0.6) is 0 Å². The normalized spacial score (nSPS) is 8.75. The molecule has 0 aliphatic heterocycles. The molecule has 4 heteroatoms. The minimum absolute atomic E-state index is 0.102. The molecule has 0 fully saturated rings. The van der Waals surface area contributed by atoms with Gasteiger partial charge in [0.05, 0.1) is 5.56 Å². The monoisotopic (exact) mass is 164 g/mol. The highest BCUT2D eigenvalue weighted by molar-refractivity contribution is 6.33. The van der Waals surface area contributed by atoms with Gasteiger partial charge in [-0.05, 0) is 12.1 Å². The van der Waals surface area contributed by atoms with Crippen LogP contribution in [0.3, 0.4) is 0 Å². The maximum Gasteiger partial charge on any atom is 0.328 e. The van der Waals surface area contributed by atoms with Gasteiger partial charge in [-0.1, -0.05) is 12.1 Å². The van der Waals surface area contributed by atoms with Gasteiger partial charge in [0.1, 0.15) is 5.82 Å². The van der Waals surface area contributed by atoms with E-state index in [1.807, 2.05) is 0 Å². The molecule has 0 radical (unpaired) electrons. The first kappa shape index (κ1) is 8.30. The zero-order valence-corrected chi connectivity index (χ0v) is 6.07. The molecule has 0 saturated heterocycles. The number of Topliss-reactive ketones (excluding diaryl/α,β-unsaturated/α-hetero) is 1. The molecular weight excluding hydrogens is 159 g/mol. The van der Waals surface area contributed by atoms with E-state index in [9.17, 15) is 9.18 Å². The topological polar surface area (TPSA) is 53.5 Å². The molecule has 0 spiro atoms. The smallest absolute Gasteiger partial charge is 0.328 e. The molecule has 12 heavy (non-hydrogen) atoms. The van der Waals surface area contributed by atoms with Crippen LogP contribution in [0.2, 0.25) is 0 Å². The van der Waals surface area contributed by atoms with Crippen LogP contribution in [-0.4, -0.2) is 16.8 Å². The van der Waals surface area contributed by atoms with Gasteiger partial charge < -0.3 is 5.53 Å². The van der Waals surface area contributed by atoms with Crippen LogP contribution < -0.4 is 0 Å². The van der Waals surface area contributed by atoms with Crippen molar-refractivity contribution in [2.24, 2.45) is 0 Å². The van der Waals surface area contributed by atoms with Gasteiger partial charge in [-0.25, -0.2) is 4.39 Å². The third kappa shape index (κ3) is 1.62. The summed E-state index contributed by atoms with van der Waals surface area (Å²) in [6.45, 7) is 0. The highest BCUT2D eigenvalue weighted by atomic mass is 19.1. The van der Waals surface area contributed by atoms with Crippen LogP contribution in [0.4, 0.5) is 4.39 Å². The van der Waals surface area contributed by atoms with E-state index in [2.05, 4.69) is 4.79 Å². The molecule has 3 nitrogen and oxygen atoms in total. The van der Waals surface area contributed by atoms with Crippen molar-refractivity contribution in [2.45, 2.75) is 0 Å². The molecule has 0 bridgehead atoms. The van der Waals surface area contributed by atoms with Gasteiger partial charge in [-0.2, -0.15) is 4.79 Å². The average Bonchev–Trinajstić information content (AvgIpc) is 2.05. The second-order valence-electron chi connectivity index (χ2n) is 2.09. The van der Waals surface area contributed by atoms with Crippen molar-refractivity contribution < 1.29 is 14.0 Å². The Morgan fingerprint density at radius 1 is 1.50 bits per heavy atom. The van der Waals surface area contributed by atoms with Crippen molar-refractivity contribution in [1.82, 2.24) is 0 Å². The summed E-state index contributed by atoms with van der Waals surface area (Å²) in [6.07, 6.45) is 0.651. The van der Waals surface area contributed by atoms with E-state index < -0.39 is 11.6 Å². The number of benzene rings is 1. The Kier molecular flexibility index (Phi) is 2.46. The fourth-order valence-electron chi connectivity index (χ4n) is 0.783. The number of halogens is 1. The quantitative estimate of drug-likeness (QED) is 0.281. The van der Waals surface area contributed by atoms with Crippen LogP contribution >= 0.6 is 0 Å². The molecule has 0 heterocycles. The number of carbonyl (C=O) groups is 1. The molecule has 0 unspecified atom stereocenters. The fraction of sp³-hybridized carbons (Fsp3) is 0. The summed E-state index contributed by atoms with van der Waals surface area (Å²) in [6, 6.07) is 5.49. The molecule has 0 aliphatic carbocycles. The zero-order valence-electron chi connectivity index (χ0n) is 6.07. The van der Waals surface area contributed by atoms with Crippen molar-refractivity contribution in [3.8, 4) is 0 Å². The van der Waals surface area contributed by atoms with Gasteiger partial charge in [0.2, 0.25) is 0 Å². The molecular formula is C8H5FN2O. The van der Waals surface area contributed by atoms with Crippen molar-refractivity contribution >= 4 is 12.0 Å². The molecule has 0 N–H and O–H groups in total. The second kappa shape index (κ2) is 3.55. The van der Waals surface area contributed by atoms with Gasteiger partial charge in [0.25, 0.3) is 5.78 Å². The Hall–Kier alpha value is -1.80. The summed E-state index contributed by atoms with van der Waals surface area (Å²) >= 11 is 0. The fourth-order valence-corrected chi connectivity index (χ4v) is 0.783. The first-order valence-corrected chi connectivity index (χ1v) is 3.22. The molecule has 0 aliphatic rings. The van der Waals surface area contributed by atoms with E-state index in [0.717, 1.165) is 0 Å². The molecule has 0 amide bonds. The summed E-state index contributed by atoms with van der Waals surface area (Å²) in [7, 11) is 0. The van der Waals surface area contributed by atoms with Gasteiger partial charge in [-0.15, -0.1) is 0 Å². The molecule has 0 saturated carbocycles.